The van der Waals surface area contributed by atoms with E-state index in [1.807, 2.05) is 12.1 Å². The normalized spacial score (nSPS) is 34.4. The van der Waals surface area contributed by atoms with Crippen LogP contribution in [-0.4, -0.2) is 17.4 Å². The second kappa shape index (κ2) is 6.08. The Kier molecular flexibility index (Phi) is 4.17. The third-order valence-corrected chi connectivity index (χ3v) is 6.99. The molecule has 2 unspecified atom stereocenters. The van der Waals surface area contributed by atoms with Gasteiger partial charge in [-0.25, -0.2) is 0 Å². The van der Waals surface area contributed by atoms with Crippen LogP contribution < -0.4 is 10.6 Å². The van der Waals surface area contributed by atoms with Crippen molar-refractivity contribution < 1.29 is 9.59 Å². The molecule has 4 heteroatoms. The van der Waals surface area contributed by atoms with E-state index < -0.39 is 0 Å². The van der Waals surface area contributed by atoms with Gasteiger partial charge in [-0.2, -0.15) is 0 Å². The highest BCUT2D eigenvalue weighted by Crippen LogP contribution is 2.61. The summed E-state index contributed by atoms with van der Waals surface area (Å²) in [7, 11) is 0. The summed E-state index contributed by atoms with van der Waals surface area (Å²) >= 11 is 0. The minimum absolute atomic E-state index is 0.0327. The van der Waals surface area contributed by atoms with Crippen LogP contribution in [0.25, 0.3) is 0 Å². The fourth-order valence-corrected chi connectivity index (χ4v) is 6.37. The Hall–Kier alpha value is -1.84. The molecule has 2 atom stereocenters. The maximum atomic E-state index is 13.4. The Labute approximate surface area is 162 Å². The highest BCUT2D eigenvalue weighted by Gasteiger charge is 2.60. The summed E-state index contributed by atoms with van der Waals surface area (Å²) in [6.07, 6.45) is 6.03. The average molecular weight is 369 g/mol. The summed E-state index contributed by atoms with van der Waals surface area (Å²) in [6, 6.07) is 8.24. The Balaban J connectivity index is 1.54. The van der Waals surface area contributed by atoms with E-state index in [1.54, 1.807) is 6.92 Å². The zero-order chi connectivity index (χ0) is 19.4. The predicted molar refractivity (Wildman–Crippen MR) is 107 cm³/mol. The molecule has 2 amide bonds. The molecule has 0 saturated heterocycles. The second-order valence-electron chi connectivity index (χ2n) is 10.5. The van der Waals surface area contributed by atoms with Crippen LogP contribution in [0.5, 0.6) is 0 Å². The fourth-order valence-electron chi connectivity index (χ4n) is 6.37. The first kappa shape index (κ1) is 18.5. The third-order valence-electron chi connectivity index (χ3n) is 6.99. The highest BCUT2D eigenvalue weighted by atomic mass is 16.2. The lowest BCUT2D eigenvalue weighted by atomic mass is 9.46. The largest absolute Gasteiger partial charge is 0.351 e. The first-order valence-electron chi connectivity index (χ1n) is 10.3. The molecule has 0 aliphatic heterocycles. The van der Waals surface area contributed by atoms with Gasteiger partial charge < -0.3 is 10.6 Å². The zero-order valence-electron chi connectivity index (χ0n) is 17.0. The molecular formula is C23H32N2O2. The maximum absolute atomic E-state index is 13.4. The lowest BCUT2D eigenvalue weighted by Gasteiger charge is -2.61. The van der Waals surface area contributed by atoms with Crippen molar-refractivity contribution in [1.82, 2.24) is 5.32 Å². The number of carbonyl (C=O) groups is 2. The van der Waals surface area contributed by atoms with Gasteiger partial charge in [0.1, 0.15) is 0 Å². The Morgan fingerprint density at radius 2 is 1.59 bits per heavy atom. The summed E-state index contributed by atoms with van der Waals surface area (Å²) in [5.74, 6) is 1.30. The van der Waals surface area contributed by atoms with Gasteiger partial charge in [0.2, 0.25) is 11.8 Å². The molecule has 4 nitrogen and oxygen atoms in total. The van der Waals surface area contributed by atoms with Crippen LogP contribution in [0, 0.1) is 17.3 Å². The quantitative estimate of drug-likeness (QED) is 0.831. The van der Waals surface area contributed by atoms with Crippen molar-refractivity contribution in [3.8, 4) is 0 Å². The van der Waals surface area contributed by atoms with E-state index in [4.69, 9.17) is 0 Å². The van der Waals surface area contributed by atoms with E-state index in [0.29, 0.717) is 11.8 Å². The molecule has 0 heterocycles. The molecule has 4 aliphatic carbocycles. The average Bonchev–Trinajstić information content (AvgIpc) is 2.52. The molecule has 2 N–H and O–H groups in total. The molecule has 0 spiro atoms. The van der Waals surface area contributed by atoms with Crippen molar-refractivity contribution >= 4 is 17.5 Å². The molecule has 27 heavy (non-hydrogen) atoms. The van der Waals surface area contributed by atoms with Crippen LogP contribution >= 0.6 is 0 Å². The number of hydrogen-bond donors (Lipinski definition) is 2. The SMILES string of the molecule is CC(=O)NC12CC3CC(C1)CC(C(=O)Nc1ccc(C(C)(C)C)cc1)(C3)C2. The van der Waals surface area contributed by atoms with E-state index >= 15 is 0 Å². The van der Waals surface area contributed by atoms with Crippen molar-refractivity contribution in [2.24, 2.45) is 17.3 Å². The Bertz CT molecular complexity index is 746. The van der Waals surface area contributed by atoms with Crippen molar-refractivity contribution in [3.63, 3.8) is 0 Å². The van der Waals surface area contributed by atoms with Gasteiger partial charge in [0.15, 0.2) is 0 Å². The van der Waals surface area contributed by atoms with Crippen LogP contribution in [0.15, 0.2) is 24.3 Å². The summed E-state index contributed by atoms with van der Waals surface area (Å²) < 4.78 is 0. The standard InChI is InChI=1S/C23H32N2O2/c1-15(26)25-23-12-16-9-17(13-23)11-22(10-16,14-23)20(27)24-19-7-5-18(6-8-19)21(2,3)4/h5-8,16-17H,9-14H2,1-4H3,(H,24,27)(H,25,26). The Morgan fingerprint density at radius 1 is 1.00 bits per heavy atom. The number of carbonyl (C=O) groups excluding carboxylic acids is 2. The molecule has 0 radical (unpaired) electrons. The van der Waals surface area contributed by atoms with E-state index in [1.165, 1.54) is 12.0 Å². The van der Waals surface area contributed by atoms with Gasteiger partial charge in [0, 0.05) is 18.2 Å². The van der Waals surface area contributed by atoms with Gasteiger partial charge in [-0.3, -0.25) is 9.59 Å². The molecule has 4 fully saturated rings. The van der Waals surface area contributed by atoms with Gasteiger partial charge in [-0.05, 0) is 73.5 Å². The van der Waals surface area contributed by atoms with Gasteiger partial charge in [0.05, 0.1) is 5.41 Å². The highest BCUT2D eigenvalue weighted by molar-refractivity contribution is 5.96. The van der Waals surface area contributed by atoms with Crippen LogP contribution in [0.3, 0.4) is 0 Å². The summed E-state index contributed by atoms with van der Waals surface area (Å²) in [5.41, 5.74) is 1.75. The monoisotopic (exact) mass is 368 g/mol. The van der Waals surface area contributed by atoms with Crippen molar-refractivity contribution in [3.05, 3.63) is 29.8 Å². The van der Waals surface area contributed by atoms with Gasteiger partial charge in [-0.15, -0.1) is 0 Å². The molecule has 4 bridgehead atoms. The number of anilines is 1. The fraction of sp³-hybridized carbons (Fsp3) is 0.652. The van der Waals surface area contributed by atoms with E-state index in [0.717, 1.165) is 37.8 Å². The van der Waals surface area contributed by atoms with Crippen LogP contribution in [0.4, 0.5) is 5.69 Å². The minimum atomic E-state index is -0.324. The van der Waals surface area contributed by atoms with Crippen LogP contribution in [0.1, 0.15) is 71.8 Å². The second-order valence-corrected chi connectivity index (χ2v) is 10.5. The van der Waals surface area contributed by atoms with Crippen molar-refractivity contribution in [2.45, 2.75) is 77.2 Å². The first-order valence-corrected chi connectivity index (χ1v) is 10.3. The summed E-state index contributed by atoms with van der Waals surface area (Å²) in [5, 5.41) is 6.43. The van der Waals surface area contributed by atoms with Gasteiger partial charge in [0.25, 0.3) is 0 Å². The van der Waals surface area contributed by atoms with E-state index in [9.17, 15) is 9.59 Å². The summed E-state index contributed by atoms with van der Waals surface area (Å²) in [4.78, 5) is 25.1. The number of hydrogen-bond acceptors (Lipinski definition) is 2. The van der Waals surface area contributed by atoms with Crippen molar-refractivity contribution in [1.29, 1.82) is 0 Å². The minimum Gasteiger partial charge on any atom is -0.351 e. The number of nitrogens with one attached hydrogen (secondary N) is 2. The topological polar surface area (TPSA) is 58.2 Å². The van der Waals surface area contributed by atoms with Crippen molar-refractivity contribution in [2.75, 3.05) is 5.32 Å². The number of benzene rings is 1. The molecule has 4 saturated carbocycles. The van der Waals surface area contributed by atoms with E-state index in [2.05, 4.69) is 43.5 Å². The van der Waals surface area contributed by atoms with Crippen LogP contribution in [0.2, 0.25) is 0 Å². The van der Waals surface area contributed by atoms with Gasteiger partial charge >= 0.3 is 0 Å². The van der Waals surface area contributed by atoms with Gasteiger partial charge in [-0.1, -0.05) is 32.9 Å². The predicted octanol–water partition coefficient (Wildman–Crippen LogP) is 4.40. The number of rotatable bonds is 3. The molecule has 4 aliphatic rings. The molecule has 5 rings (SSSR count). The molecule has 1 aromatic carbocycles. The molecular weight excluding hydrogens is 336 g/mol. The molecule has 1 aromatic rings. The summed E-state index contributed by atoms with van der Waals surface area (Å²) in [6.45, 7) is 8.18. The lowest BCUT2D eigenvalue weighted by molar-refractivity contribution is -0.148. The Morgan fingerprint density at radius 3 is 2.11 bits per heavy atom. The van der Waals surface area contributed by atoms with E-state index in [-0.39, 0.29) is 28.2 Å². The first-order chi connectivity index (χ1) is 12.6. The lowest BCUT2D eigenvalue weighted by Crippen LogP contribution is -2.65. The molecule has 146 valence electrons. The molecule has 0 aromatic heterocycles. The maximum Gasteiger partial charge on any atom is 0.230 e. The van der Waals surface area contributed by atoms with Crippen LogP contribution in [-0.2, 0) is 15.0 Å². The smallest absolute Gasteiger partial charge is 0.230 e. The number of amides is 2. The zero-order valence-corrected chi connectivity index (χ0v) is 17.0. The third kappa shape index (κ3) is 3.39.